The lowest BCUT2D eigenvalue weighted by atomic mass is 10.2. The van der Waals surface area contributed by atoms with Gasteiger partial charge < -0.3 is 5.32 Å². The lowest BCUT2D eigenvalue weighted by molar-refractivity contribution is 0.554. The van der Waals surface area contributed by atoms with Crippen molar-refractivity contribution in [1.82, 2.24) is 9.71 Å². The van der Waals surface area contributed by atoms with Gasteiger partial charge in [0.15, 0.2) is 0 Å². The summed E-state index contributed by atoms with van der Waals surface area (Å²) >= 11 is 6.06. The zero-order valence-electron chi connectivity index (χ0n) is 11.9. The number of hydrogen-bond donors (Lipinski definition) is 2. The smallest absolute Gasteiger partial charge is 0.242 e. The van der Waals surface area contributed by atoms with Crippen LogP contribution in [-0.4, -0.2) is 26.0 Å². The molecule has 2 N–H and O–H groups in total. The average molecular weight is 318 g/mol. The van der Waals surface area contributed by atoms with E-state index in [1.807, 2.05) is 20.8 Å². The van der Waals surface area contributed by atoms with Crippen LogP contribution in [-0.2, 0) is 10.0 Å². The first kappa shape index (κ1) is 15.5. The number of pyridine rings is 1. The van der Waals surface area contributed by atoms with Crippen molar-refractivity contribution in [3.05, 3.63) is 17.3 Å². The number of nitrogens with one attached hydrogen (secondary N) is 2. The summed E-state index contributed by atoms with van der Waals surface area (Å²) in [6.07, 6.45) is 3.13. The van der Waals surface area contributed by atoms with E-state index in [1.54, 1.807) is 0 Å². The van der Waals surface area contributed by atoms with E-state index in [9.17, 15) is 8.42 Å². The van der Waals surface area contributed by atoms with Gasteiger partial charge in [0, 0.05) is 18.8 Å². The number of sulfonamides is 1. The summed E-state index contributed by atoms with van der Waals surface area (Å²) in [4.78, 5) is 4.19. The monoisotopic (exact) mass is 317 g/mol. The highest BCUT2D eigenvalue weighted by molar-refractivity contribution is 7.89. The topological polar surface area (TPSA) is 71.1 Å². The molecular formula is C13H20ClN3O2S. The lowest BCUT2D eigenvalue weighted by Crippen LogP contribution is -2.28. The van der Waals surface area contributed by atoms with Crippen molar-refractivity contribution in [2.45, 2.75) is 44.6 Å². The molecule has 1 heterocycles. The second-order valence-corrected chi connectivity index (χ2v) is 7.92. The summed E-state index contributed by atoms with van der Waals surface area (Å²) in [5.41, 5.74) is 0.0346. The van der Waals surface area contributed by atoms with Crippen molar-refractivity contribution in [2.75, 3.05) is 11.9 Å². The molecule has 0 spiro atoms. The van der Waals surface area contributed by atoms with E-state index in [4.69, 9.17) is 11.6 Å². The Hall–Kier alpha value is -0.850. The molecular weight excluding hydrogens is 298 g/mol. The molecule has 2 rings (SSSR count). The molecule has 0 saturated heterocycles. The predicted molar refractivity (Wildman–Crippen MR) is 80.5 cm³/mol. The summed E-state index contributed by atoms with van der Waals surface area (Å²) in [5.74, 6) is 0.513. The minimum atomic E-state index is -3.55. The highest BCUT2D eigenvalue weighted by Crippen LogP contribution is 2.45. The fraction of sp³-hybridized carbons (Fsp3) is 0.615. The summed E-state index contributed by atoms with van der Waals surface area (Å²) in [6.45, 7) is 6.83. The molecule has 20 heavy (non-hydrogen) atoms. The Morgan fingerprint density at radius 1 is 1.50 bits per heavy atom. The van der Waals surface area contributed by atoms with Crippen LogP contribution in [0.4, 0.5) is 5.82 Å². The highest BCUT2D eigenvalue weighted by Gasteiger charge is 2.47. The van der Waals surface area contributed by atoms with E-state index in [0.29, 0.717) is 10.8 Å². The second-order valence-electron chi connectivity index (χ2n) is 5.79. The molecule has 1 aromatic heterocycles. The zero-order valence-corrected chi connectivity index (χ0v) is 13.5. The van der Waals surface area contributed by atoms with E-state index in [-0.39, 0.29) is 16.4 Å². The van der Waals surface area contributed by atoms with Gasteiger partial charge in [-0.2, -0.15) is 0 Å². The van der Waals surface area contributed by atoms with Crippen molar-refractivity contribution >= 4 is 27.4 Å². The maximum absolute atomic E-state index is 12.2. The normalized spacial score (nSPS) is 20.7. The SMILES string of the molecule is CCCNc1ncc(S(=O)(=O)NC2CC2(C)C)cc1Cl. The molecule has 0 bridgehead atoms. The van der Waals surface area contributed by atoms with Gasteiger partial charge in [-0.25, -0.2) is 18.1 Å². The van der Waals surface area contributed by atoms with Crippen LogP contribution in [0, 0.1) is 5.41 Å². The summed E-state index contributed by atoms with van der Waals surface area (Å²) in [7, 11) is -3.55. The summed E-state index contributed by atoms with van der Waals surface area (Å²) in [6, 6.07) is 1.42. The summed E-state index contributed by atoms with van der Waals surface area (Å²) < 4.78 is 27.1. The minimum absolute atomic E-state index is 0.0100. The van der Waals surface area contributed by atoms with E-state index < -0.39 is 10.0 Å². The third-order valence-electron chi connectivity index (χ3n) is 3.48. The maximum Gasteiger partial charge on any atom is 0.242 e. The van der Waals surface area contributed by atoms with Gasteiger partial charge in [0.2, 0.25) is 10.0 Å². The molecule has 5 nitrogen and oxygen atoms in total. The van der Waals surface area contributed by atoms with E-state index in [1.165, 1.54) is 12.3 Å². The van der Waals surface area contributed by atoms with Gasteiger partial charge >= 0.3 is 0 Å². The number of nitrogens with zero attached hydrogens (tertiary/aromatic N) is 1. The molecule has 7 heteroatoms. The Bertz CT molecular complexity index is 602. The molecule has 0 radical (unpaired) electrons. The average Bonchev–Trinajstić information content (AvgIpc) is 2.93. The second kappa shape index (κ2) is 5.50. The zero-order chi connectivity index (χ0) is 15.0. The van der Waals surface area contributed by atoms with Crippen LogP contribution in [0.25, 0.3) is 0 Å². The highest BCUT2D eigenvalue weighted by atomic mass is 35.5. The predicted octanol–water partition coefficient (Wildman–Crippen LogP) is 2.63. The van der Waals surface area contributed by atoms with Crippen molar-refractivity contribution < 1.29 is 8.42 Å². The van der Waals surface area contributed by atoms with Crippen molar-refractivity contribution in [3.63, 3.8) is 0 Å². The molecule has 1 fully saturated rings. The number of hydrogen-bond acceptors (Lipinski definition) is 4. The van der Waals surface area contributed by atoms with Gasteiger partial charge in [0.1, 0.15) is 10.7 Å². The van der Waals surface area contributed by atoms with Crippen LogP contribution in [0.5, 0.6) is 0 Å². The third-order valence-corrected chi connectivity index (χ3v) is 5.21. The minimum Gasteiger partial charge on any atom is -0.369 e. The van der Waals surface area contributed by atoms with Crippen LogP contribution >= 0.6 is 11.6 Å². The van der Waals surface area contributed by atoms with Gasteiger partial charge in [0.05, 0.1) is 5.02 Å². The van der Waals surface area contributed by atoms with Crippen LogP contribution < -0.4 is 10.0 Å². The third kappa shape index (κ3) is 3.42. The maximum atomic E-state index is 12.2. The Kier molecular flexibility index (Phi) is 4.27. The Labute approximate surface area is 125 Å². The molecule has 1 aliphatic rings. The van der Waals surface area contributed by atoms with E-state index in [2.05, 4.69) is 15.0 Å². The molecule has 1 unspecified atom stereocenters. The van der Waals surface area contributed by atoms with Crippen molar-refractivity contribution in [2.24, 2.45) is 5.41 Å². The molecule has 1 aromatic rings. The number of rotatable bonds is 6. The first-order chi connectivity index (χ1) is 9.26. The van der Waals surface area contributed by atoms with Crippen LogP contribution in [0.2, 0.25) is 5.02 Å². The van der Waals surface area contributed by atoms with Crippen LogP contribution in [0.1, 0.15) is 33.6 Å². The Morgan fingerprint density at radius 3 is 2.65 bits per heavy atom. The van der Waals surface area contributed by atoms with E-state index in [0.717, 1.165) is 19.4 Å². The van der Waals surface area contributed by atoms with Crippen LogP contribution in [0.15, 0.2) is 17.2 Å². The number of anilines is 1. The number of aromatic nitrogens is 1. The lowest BCUT2D eigenvalue weighted by Gasteiger charge is -2.10. The van der Waals surface area contributed by atoms with Gasteiger partial charge in [-0.15, -0.1) is 0 Å². The van der Waals surface area contributed by atoms with E-state index >= 15 is 0 Å². The number of halogens is 1. The van der Waals surface area contributed by atoms with Crippen molar-refractivity contribution in [3.8, 4) is 0 Å². The largest absolute Gasteiger partial charge is 0.369 e. The van der Waals surface area contributed by atoms with Crippen LogP contribution in [0.3, 0.4) is 0 Å². The summed E-state index contributed by atoms with van der Waals surface area (Å²) in [5, 5.41) is 3.37. The Balaban J connectivity index is 2.14. The van der Waals surface area contributed by atoms with Gasteiger partial charge in [-0.05, 0) is 24.3 Å². The van der Waals surface area contributed by atoms with Gasteiger partial charge in [0.25, 0.3) is 0 Å². The molecule has 112 valence electrons. The fourth-order valence-corrected chi connectivity index (χ4v) is 3.54. The molecule has 0 amide bonds. The van der Waals surface area contributed by atoms with Crippen molar-refractivity contribution in [1.29, 1.82) is 0 Å². The fourth-order valence-electron chi connectivity index (χ4n) is 1.86. The quantitative estimate of drug-likeness (QED) is 0.846. The van der Waals surface area contributed by atoms with Gasteiger partial charge in [-0.3, -0.25) is 0 Å². The molecule has 0 aliphatic heterocycles. The van der Waals surface area contributed by atoms with Gasteiger partial charge in [-0.1, -0.05) is 32.4 Å². The molecule has 1 atom stereocenters. The Morgan fingerprint density at radius 2 is 2.15 bits per heavy atom. The first-order valence-corrected chi connectivity index (χ1v) is 8.54. The molecule has 1 aliphatic carbocycles. The standard InChI is InChI=1S/C13H20ClN3O2S/c1-4-5-15-12-10(14)6-9(8-16-12)20(18,19)17-11-7-13(11,2)3/h6,8,11,17H,4-5,7H2,1-3H3,(H,15,16). The first-order valence-electron chi connectivity index (χ1n) is 6.68. The molecule has 0 aromatic carbocycles. The molecule has 1 saturated carbocycles.